The zero-order valence-electron chi connectivity index (χ0n) is 15.2. The van der Waals surface area contributed by atoms with Crippen molar-refractivity contribution in [3.63, 3.8) is 0 Å². The molecule has 1 heterocycles. The van der Waals surface area contributed by atoms with Crippen LogP contribution in [0.1, 0.15) is 52.9 Å². The molecule has 1 aromatic heterocycles. The van der Waals surface area contributed by atoms with Gasteiger partial charge in [-0.2, -0.15) is 5.26 Å². The van der Waals surface area contributed by atoms with Gasteiger partial charge in [0.25, 0.3) is 5.91 Å². The number of aromatic nitrogens is 1. The Hall–Kier alpha value is -2.87. The molecule has 1 N–H and O–H groups in total. The number of aryl methyl sites for hydroxylation is 2. The lowest BCUT2D eigenvalue weighted by molar-refractivity contribution is 0.0893. The average molecular weight is 349 g/mol. The Morgan fingerprint density at radius 3 is 2.58 bits per heavy atom. The number of nitriles is 1. The number of benzene rings is 1. The van der Waals surface area contributed by atoms with Gasteiger partial charge in [0.2, 0.25) is 0 Å². The molecule has 1 aliphatic rings. The van der Waals surface area contributed by atoms with Crippen molar-refractivity contribution >= 4 is 5.91 Å². The van der Waals surface area contributed by atoms with Crippen molar-refractivity contribution in [3.8, 4) is 11.8 Å². The van der Waals surface area contributed by atoms with E-state index in [0.29, 0.717) is 11.1 Å². The lowest BCUT2D eigenvalue weighted by Gasteiger charge is -2.29. The fraction of sp³-hybridized carbons (Fsp3) is 0.381. The van der Waals surface area contributed by atoms with Crippen molar-refractivity contribution in [1.82, 2.24) is 10.3 Å². The van der Waals surface area contributed by atoms with Gasteiger partial charge in [0.15, 0.2) is 0 Å². The summed E-state index contributed by atoms with van der Waals surface area (Å²) in [6.45, 7) is 3.82. The summed E-state index contributed by atoms with van der Waals surface area (Å²) in [6.07, 6.45) is 5.35. The third-order valence-electron chi connectivity index (χ3n) is 4.80. The lowest BCUT2D eigenvalue weighted by Crippen LogP contribution is -2.39. The Balaban J connectivity index is 1.49. The Morgan fingerprint density at radius 2 is 1.96 bits per heavy atom. The van der Waals surface area contributed by atoms with Crippen LogP contribution in [0.5, 0.6) is 5.75 Å². The summed E-state index contributed by atoms with van der Waals surface area (Å²) in [4.78, 5) is 16.5. The molecule has 1 amide bonds. The fourth-order valence-electron chi connectivity index (χ4n) is 3.22. The lowest BCUT2D eigenvalue weighted by atomic mass is 9.92. The average Bonchev–Trinajstić information content (AvgIpc) is 2.64. The number of ether oxygens (including phenoxy) is 1. The molecule has 0 aliphatic heterocycles. The number of nitrogens with zero attached hydrogens (tertiary/aromatic N) is 2. The van der Waals surface area contributed by atoms with Crippen LogP contribution in [0.15, 0.2) is 36.5 Å². The minimum Gasteiger partial charge on any atom is -0.490 e. The summed E-state index contributed by atoms with van der Waals surface area (Å²) in [5.41, 5.74) is 3.10. The van der Waals surface area contributed by atoms with E-state index in [4.69, 9.17) is 10.00 Å². The minimum atomic E-state index is -0.0652. The quantitative estimate of drug-likeness (QED) is 0.913. The van der Waals surface area contributed by atoms with Crippen molar-refractivity contribution in [1.29, 1.82) is 5.26 Å². The number of carbonyl (C=O) groups is 1. The van der Waals surface area contributed by atoms with Crippen molar-refractivity contribution in [3.05, 3.63) is 58.9 Å². The summed E-state index contributed by atoms with van der Waals surface area (Å²) in [7, 11) is 0. The topological polar surface area (TPSA) is 75.0 Å². The maximum atomic E-state index is 12.3. The Labute approximate surface area is 154 Å². The smallest absolute Gasteiger partial charge is 0.253 e. The van der Waals surface area contributed by atoms with E-state index < -0.39 is 0 Å². The molecule has 5 heteroatoms. The number of rotatable bonds is 4. The van der Waals surface area contributed by atoms with Gasteiger partial charge < -0.3 is 10.1 Å². The molecule has 26 heavy (non-hydrogen) atoms. The normalized spacial score (nSPS) is 19.4. The van der Waals surface area contributed by atoms with Crippen LogP contribution in [0.4, 0.5) is 0 Å². The molecule has 1 aliphatic carbocycles. The highest BCUT2D eigenvalue weighted by Gasteiger charge is 2.24. The second-order valence-corrected chi connectivity index (χ2v) is 6.84. The van der Waals surface area contributed by atoms with Gasteiger partial charge in [0, 0.05) is 17.9 Å². The van der Waals surface area contributed by atoms with Crippen LogP contribution >= 0.6 is 0 Å². The second-order valence-electron chi connectivity index (χ2n) is 6.84. The van der Waals surface area contributed by atoms with E-state index in [1.54, 1.807) is 18.3 Å². The molecule has 3 rings (SSSR count). The Morgan fingerprint density at radius 1 is 1.19 bits per heavy atom. The predicted molar refractivity (Wildman–Crippen MR) is 99.0 cm³/mol. The standard InChI is InChI=1S/C21H23N3O2/c1-14-11-20(8-5-16(14)12-22)26-19-9-6-18(7-10-19)24-21(25)17-4-3-15(2)23-13-17/h3-5,8,11,13,18-19H,6-7,9-10H2,1-2H3,(H,24,25). The first kappa shape index (κ1) is 17.9. The highest BCUT2D eigenvalue weighted by atomic mass is 16.5. The minimum absolute atomic E-state index is 0.0652. The molecule has 134 valence electrons. The van der Waals surface area contributed by atoms with Gasteiger partial charge in [-0.25, -0.2) is 0 Å². The van der Waals surface area contributed by atoms with Crippen LogP contribution in [0.3, 0.4) is 0 Å². The molecule has 1 aromatic carbocycles. The molecular weight excluding hydrogens is 326 g/mol. The summed E-state index contributed by atoms with van der Waals surface area (Å²) in [6, 6.07) is 11.6. The number of hydrogen-bond donors (Lipinski definition) is 1. The van der Waals surface area contributed by atoms with Crippen LogP contribution in [-0.2, 0) is 0 Å². The summed E-state index contributed by atoms with van der Waals surface area (Å²) >= 11 is 0. The van der Waals surface area contributed by atoms with Crippen molar-refractivity contribution in [2.75, 3.05) is 0 Å². The number of carbonyl (C=O) groups excluding carboxylic acids is 1. The second kappa shape index (κ2) is 8.01. The third-order valence-corrected chi connectivity index (χ3v) is 4.80. The molecule has 1 saturated carbocycles. The molecule has 1 fully saturated rings. The molecule has 0 spiro atoms. The summed E-state index contributed by atoms with van der Waals surface area (Å²) in [5, 5.41) is 12.1. The van der Waals surface area contributed by atoms with Gasteiger partial charge in [-0.1, -0.05) is 0 Å². The van der Waals surface area contributed by atoms with Gasteiger partial charge in [-0.3, -0.25) is 9.78 Å². The van der Waals surface area contributed by atoms with E-state index in [2.05, 4.69) is 16.4 Å². The van der Waals surface area contributed by atoms with E-state index in [1.807, 2.05) is 32.0 Å². The first-order chi connectivity index (χ1) is 12.5. The Bertz CT molecular complexity index is 816. The molecule has 2 aromatic rings. The molecular formula is C21H23N3O2. The number of pyridine rings is 1. The van der Waals surface area contributed by atoms with Crippen LogP contribution in [0, 0.1) is 25.2 Å². The zero-order valence-corrected chi connectivity index (χ0v) is 15.2. The van der Waals surface area contributed by atoms with E-state index in [1.165, 1.54) is 0 Å². The molecule has 0 atom stereocenters. The van der Waals surface area contributed by atoms with Crippen molar-refractivity contribution < 1.29 is 9.53 Å². The first-order valence-corrected chi connectivity index (χ1v) is 8.96. The summed E-state index contributed by atoms with van der Waals surface area (Å²) in [5.74, 6) is 0.740. The first-order valence-electron chi connectivity index (χ1n) is 8.96. The van der Waals surface area contributed by atoms with Crippen LogP contribution in [0.25, 0.3) is 0 Å². The Kier molecular flexibility index (Phi) is 5.52. The maximum absolute atomic E-state index is 12.3. The van der Waals surface area contributed by atoms with E-state index in [0.717, 1.165) is 42.7 Å². The van der Waals surface area contributed by atoms with Gasteiger partial charge in [-0.05, 0) is 75.4 Å². The van der Waals surface area contributed by atoms with Gasteiger partial charge in [0.1, 0.15) is 5.75 Å². The SMILES string of the molecule is Cc1ccc(C(=O)NC2CCC(Oc3ccc(C#N)c(C)c3)CC2)cn1. The zero-order chi connectivity index (χ0) is 18.5. The summed E-state index contributed by atoms with van der Waals surface area (Å²) < 4.78 is 6.05. The number of hydrogen-bond acceptors (Lipinski definition) is 4. The molecule has 0 unspecified atom stereocenters. The largest absolute Gasteiger partial charge is 0.490 e. The van der Waals surface area contributed by atoms with E-state index >= 15 is 0 Å². The fourth-order valence-corrected chi connectivity index (χ4v) is 3.22. The maximum Gasteiger partial charge on any atom is 0.253 e. The predicted octanol–water partition coefficient (Wildman–Crippen LogP) is 3.69. The molecule has 0 saturated heterocycles. The third kappa shape index (κ3) is 4.40. The van der Waals surface area contributed by atoms with Gasteiger partial charge in [-0.15, -0.1) is 0 Å². The van der Waals surface area contributed by atoms with Crippen molar-refractivity contribution in [2.45, 2.75) is 51.7 Å². The van der Waals surface area contributed by atoms with Crippen LogP contribution in [0.2, 0.25) is 0 Å². The van der Waals surface area contributed by atoms with Crippen molar-refractivity contribution in [2.24, 2.45) is 0 Å². The molecule has 5 nitrogen and oxygen atoms in total. The highest BCUT2D eigenvalue weighted by Crippen LogP contribution is 2.25. The molecule has 0 radical (unpaired) electrons. The van der Waals surface area contributed by atoms with E-state index in [-0.39, 0.29) is 18.1 Å². The van der Waals surface area contributed by atoms with Gasteiger partial charge >= 0.3 is 0 Å². The highest BCUT2D eigenvalue weighted by molar-refractivity contribution is 5.94. The monoisotopic (exact) mass is 349 g/mol. The number of nitrogens with one attached hydrogen (secondary N) is 1. The molecule has 0 bridgehead atoms. The van der Waals surface area contributed by atoms with Crippen LogP contribution < -0.4 is 10.1 Å². The van der Waals surface area contributed by atoms with Crippen LogP contribution in [-0.4, -0.2) is 23.0 Å². The van der Waals surface area contributed by atoms with E-state index in [9.17, 15) is 4.79 Å². The van der Waals surface area contributed by atoms with Gasteiger partial charge in [0.05, 0.1) is 23.3 Å². The number of amides is 1.